The zero-order valence-electron chi connectivity index (χ0n) is 9.34. The number of aryl methyl sites for hydroxylation is 1. The number of alkyl halides is 3. The van der Waals surface area contributed by atoms with Gasteiger partial charge in [-0.2, -0.15) is 13.2 Å². The number of imidazole rings is 1. The zero-order valence-corrected chi connectivity index (χ0v) is 9.34. The van der Waals surface area contributed by atoms with Crippen LogP contribution in [0.3, 0.4) is 0 Å². The molecule has 0 saturated carbocycles. The van der Waals surface area contributed by atoms with Crippen molar-refractivity contribution < 1.29 is 17.6 Å². The van der Waals surface area contributed by atoms with Gasteiger partial charge < -0.3 is 4.40 Å². The quantitative estimate of drug-likeness (QED) is 0.663. The predicted molar refractivity (Wildman–Crippen MR) is 56.7 cm³/mol. The molecule has 0 fully saturated rings. The second-order valence-corrected chi connectivity index (χ2v) is 4.56. The number of fused-ring (bicyclic) bond motifs is 3. The van der Waals surface area contributed by atoms with Gasteiger partial charge in [-0.25, -0.2) is 9.37 Å². The molecule has 6 heteroatoms. The molecule has 96 valence electrons. The van der Waals surface area contributed by atoms with Crippen LogP contribution in [0.5, 0.6) is 0 Å². The van der Waals surface area contributed by atoms with E-state index in [1.165, 1.54) is 22.7 Å². The first-order chi connectivity index (χ1) is 8.45. The van der Waals surface area contributed by atoms with Crippen LogP contribution in [0.2, 0.25) is 0 Å². The summed E-state index contributed by atoms with van der Waals surface area (Å²) in [5.41, 5.74) is 1.64. The Labute approximate surface area is 100 Å². The molecular weight excluding hydrogens is 248 g/mol. The van der Waals surface area contributed by atoms with E-state index in [1.807, 2.05) is 0 Å². The average molecular weight is 258 g/mol. The minimum Gasteiger partial charge on any atom is -0.301 e. The van der Waals surface area contributed by atoms with Crippen molar-refractivity contribution in [3.8, 4) is 0 Å². The fraction of sp³-hybridized carbons (Fsp3) is 0.417. The summed E-state index contributed by atoms with van der Waals surface area (Å²) in [6.07, 6.45) is -2.77. The van der Waals surface area contributed by atoms with Gasteiger partial charge in [0.25, 0.3) is 0 Å². The van der Waals surface area contributed by atoms with E-state index in [1.54, 1.807) is 0 Å². The van der Waals surface area contributed by atoms with Crippen LogP contribution in [-0.4, -0.2) is 15.6 Å². The molecule has 2 aromatic rings. The summed E-state index contributed by atoms with van der Waals surface area (Å²) in [4.78, 5) is 4.24. The molecule has 0 aliphatic heterocycles. The van der Waals surface area contributed by atoms with Crippen molar-refractivity contribution >= 4 is 5.65 Å². The summed E-state index contributed by atoms with van der Waals surface area (Å²) in [6, 6.07) is 2.74. The Hall–Kier alpha value is -1.59. The number of halogens is 4. The van der Waals surface area contributed by atoms with Gasteiger partial charge in [-0.3, -0.25) is 0 Å². The summed E-state index contributed by atoms with van der Waals surface area (Å²) < 4.78 is 52.7. The van der Waals surface area contributed by atoms with Crippen molar-refractivity contribution in [3.63, 3.8) is 0 Å². The Morgan fingerprint density at radius 1 is 1.28 bits per heavy atom. The normalized spacial score (nSPS) is 20.1. The number of nitrogens with zero attached hydrogens (tertiary/aromatic N) is 2. The minimum absolute atomic E-state index is 0.0584. The van der Waals surface area contributed by atoms with Gasteiger partial charge >= 0.3 is 6.18 Å². The fourth-order valence-corrected chi connectivity index (χ4v) is 2.46. The van der Waals surface area contributed by atoms with E-state index in [4.69, 9.17) is 0 Å². The molecule has 2 aromatic heterocycles. The smallest absolute Gasteiger partial charge is 0.301 e. The Balaban J connectivity index is 2.08. The molecule has 3 rings (SSSR count). The van der Waals surface area contributed by atoms with E-state index in [9.17, 15) is 17.6 Å². The lowest BCUT2D eigenvalue weighted by atomic mass is 9.89. The first-order valence-corrected chi connectivity index (χ1v) is 5.67. The minimum atomic E-state index is -4.20. The molecule has 1 aliphatic rings. The summed E-state index contributed by atoms with van der Waals surface area (Å²) in [5.74, 6) is -1.83. The van der Waals surface area contributed by atoms with Crippen LogP contribution in [0, 0.1) is 11.7 Å². The third kappa shape index (κ3) is 1.76. The molecule has 2 nitrogen and oxygen atoms in total. The number of pyridine rings is 1. The summed E-state index contributed by atoms with van der Waals surface area (Å²) in [5, 5.41) is 0. The van der Waals surface area contributed by atoms with E-state index in [-0.39, 0.29) is 12.8 Å². The van der Waals surface area contributed by atoms with Gasteiger partial charge in [-0.15, -0.1) is 0 Å². The standard InChI is InChI=1S/C12H10F4N2/c13-8-2-4-11-17-9-3-1-7(12(14,15)16)5-10(9)18(11)6-8/h2,4,6-7H,1,3,5H2. The Morgan fingerprint density at radius 2 is 2.06 bits per heavy atom. The van der Waals surface area contributed by atoms with Crippen molar-refractivity contribution in [3.05, 3.63) is 35.5 Å². The number of hydrogen-bond acceptors (Lipinski definition) is 1. The molecule has 0 N–H and O–H groups in total. The Bertz CT molecular complexity index is 600. The van der Waals surface area contributed by atoms with Crippen LogP contribution in [0.4, 0.5) is 17.6 Å². The van der Waals surface area contributed by atoms with Crippen molar-refractivity contribution in [2.24, 2.45) is 5.92 Å². The van der Waals surface area contributed by atoms with Gasteiger partial charge in [0.2, 0.25) is 0 Å². The second kappa shape index (κ2) is 3.70. The van der Waals surface area contributed by atoms with Gasteiger partial charge in [0.15, 0.2) is 0 Å². The highest BCUT2D eigenvalue weighted by molar-refractivity contribution is 5.44. The zero-order chi connectivity index (χ0) is 12.9. The highest BCUT2D eigenvalue weighted by Gasteiger charge is 2.42. The SMILES string of the molecule is Fc1ccc2nc3c(n2c1)CC(C(F)(F)F)CC3. The largest absolute Gasteiger partial charge is 0.392 e. The van der Waals surface area contributed by atoms with E-state index < -0.39 is 17.9 Å². The predicted octanol–water partition coefficient (Wildman–Crippen LogP) is 3.14. The number of hydrogen-bond donors (Lipinski definition) is 0. The van der Waals surface area contributed by atoms with Crippen LogP contribution in [0.25, 0.3) is 5.65 Å². The van der Waals surface area contributed by atoms with Gasteiger partial charge in [0.05, 0.1) is 11.6 Å². The van der Waals surface area contributed by atoms with Gasteiger partial charge in [0, 0.05) is 18.3 Å². The molecule has 1 aliphatic carbocycles. The highest BCUT2D eigenvalue weighted by atomic mass is 19.4. The first kappa shape index (κ1) is 11.5. The lowest BCUT2D eigenvalue weighted by molar-refractivity contribution is -0.177. The maximum atomic E-state index is 13.1. The number of aromatic nitrogens is 2. The fourth-order valence-electron chi connectivity index (χ4n) is 2.46. The molecule has 1 atom stereocenters. The maximum absolute atomic E-state index is 13.1. The van der Waals surface area contributed by atoms with Crippen LogP contribution >= 0.6 is 0 Å². The van der Waals surface area contributed by atoms with Crippen molar-refractivity contribution in [1.29, 1.82) is 0 Å². The molecule has 0 saturated heterocycles. The lowest BCUT2D eigenvalue weighted by Gasteiger charge is -2.24. The van der Waals surface area contributed by atoms with Crippen LogP contribution < -0.4 is 0 Å². The highest BCUT2D eigenvalue weighted by Crippen LogP contribution is 2.37. The maximum Gasteiger partial charge on any atom is 0.392 e. The lowest BCUT2D eigenvalue weighted by Crippen LogP contribution is -2.29. The molecule has 0 radical (unpaired) electrons. The average Bonchev–Trinajstić information content (AvgIpc) is 2.65. The van der Waals surface area contributed by atoms with Crippen molar-refractivity contribution in [2.75, 3.05) is 0 Å². The van der Waals surface area contributed by atoms with Gasteiger partial charge in [0.1, 0.15) is 11.5 Å². The molecule has 0 bridgehead atoms. The van der Waals surface area contributed by atoms with E-state index in [0.29, 0.717) is 23.5 Å². The summed E-state index contributed by atoms with van der Waals surface area (Å²) in [7, 11) is 0. The molecule has 1 unspecified atom stereocenters. The third-order valence-corrected chi connectivity index (χ3v) is 3.40. The van der Waals surface area contributed by atoms with Crippen LogP contribution in [-0.2, 0) is 12.8 Å². The molecule has 18 heavy (non-hydrogen) atoms. The topological polar surface area (TPSA) is 17.3 Å². The summed E-state index contributed by atoms with van der Waals surface area (Å²) >= 11 is 0. The monoisotopic (exact) mass is 258 g/mol. The molecule has 0 amide bonds. The molecule has 0 spiro atoms. The van der Waals surface area contributed by atoms with Gasteiger partial charge in [-0.1, -0.05) is 0 Å². The molecule has 2 heterocycles. The first-order valence-electron chi connectivity index (χ1n) is 5.67. The Morgan fingerprint density at radius 3 is 2.78 bits per heavy atom. The van der Waals surface area contributed by atoms with Crippen molar-refractivity contribution in [1.82, 2.24) is 9.38 Å². The third-order valence-electron chi connectivity index (χ3n) is 3.40. The van der Waals surface area contributed by atoms with Crippen LogP contribution in [0.15, 0.2) is 18.3 Å². The van der Waals surface area contributed by atoms with Crippen LogP contribution in [0.1, 0.15) is 17.8 Å². The molecular formula is C12H10F4N2. The van der Waals surface area contributed by atoms with Gasteiger partial charge in [-0.05, 0) is 25.0 Å². The summed E-state index contributed by atoms with van der Waals surface area (Å²) in [6.45, 7) is 0. The second-order valence-electron chi connectivity index (χ2n) is 4.56. The van der Waals surface area contributed by atoms with E-state index in [0.717, 1.165) is 0 Å². The van der Waals surface area contributed by atoms with Crippen molar-refractivity contribution in [2.45, 2.75) is 25.4 Å². The Kier molecular flexibility index (Phi) is 2.36. The molecule has 0 aromatic carbocycles. The van der Waals surface area contributed by atoms with E-state index >= 15 is 0 Å². The number of rotatable bonds is 0. The van der Waals surface area contributed by atoms with E-state index in [2.05, 4.69) is 4.98 Å².